The lowest BCUT2D eigenvalue weighted by atomic mass is 9.84. The highest BCUT2D eigenvalue weighted by Gasteiger charge is 2.63. The molecule has 0 radical (unpaired) electrons. The summed E-state index contributed by atoms with van der Waals surface area (Å²) in [4.78, 5) is 17.1. The first kappa shape index (κ1) is 16.8. The summed E-state index contributed by atoms with van der Waals surface area (Å²) >= 11 is 0.934. The van der Waals surface area contributed by atoms with E-state index in [0.717, 1.165) is 24.1 Å². The van der Waals surface area contributed by atoms with Crippen molar-refractivity contribution in [3.63, 3.8) is 0 Å². The van der Waals surface area contributed by atoms with E-state index in [1.165, 1.54) is 26.2 Å². The summed E-state index contributed by atoms with van der Waals surface area (Å²) < 4.78 is 33.6. The number of nitrogens with one attached hydrogen (secondary N) is 1. The van der Waals surface area contributed by atoms with Gasteiger partial charge < -0.3 is 10.1 Å². The van der Waals surface area contributed by atoms with Gasteiger partial charge in [-0.15, -0.1) is 0 Å². The van der Waals surface area contributed by atoms with E-state index < -0.39 is 22.5 Å². The second-order valence-electron chi connectivity index (χ2n) is 7.78. The summed E-state index contributed by atoms with van der Waals surface area (Å²) in [5, 5.41) is 3.03. The standard InChI is InChI=1S/C17H24F2N2O2S/c1-16(17(18,19)12-4-6-23-7-5-12)14(22)21-15(24-16)20-13-9-10-2-3-11(13)8-10/h10-13H,2-9H2,1H3,(H,20,21,22)/t10-,11+,13+,16?/m1/s1. The SMILES string of the molecule is CC1(C(F)(F)C2CCOCC2)SC(=N[C@H]2C[C@@H]3CC[C@H]2C3)NC1=O. The molecule has 2 saturated heterocycles. The number of amidine groups is 1. The van der Waals surface area contributed by atoms with E-state index in [1.807, 2.05) is 0 Å². The van der Waals surface area contributed by atoms with Crippen LogP contribution >= 0.6 is 11.8 Å². The molecule has 24 heavy (non-hydrogen) atoms. The van der Waals surface area contributed by atoms with E-state index >= 15 is 8.78 Å². The predicted octanol–water partition coefficient (Wildman–Crippen LogP) is 3.21. The molecular formula is C17H24F2N2O2S. The topological polar surface area (TPSA) is 50.7 Å². The minimum Gasteiger partial charge on any atom is -0.381 e. The molecule has 7 heteroatoms. The van der Waals surface area contributed by atoms with Crippen LogP contribution in [0.25, 0.3) is 0 Å². The maximum absolute atomic E-state index is 15.1. The minimum absolute atomic E-state index is 0.200. The van der Waals surface area contributed by atoms with Gasteiger partial charge in [0.1, 0.15) is 0 Å². The van der Waals surface area contributed by atoms with Crippen molar-refractivity contribution in [2.24, 2.45) is 22.7 Å². The molecule has 0 aromatic rings. The molecule has 2 heterocycles. The molecule has 0 aromatic heterocycles. The fourth-order valence-electron chi connectivity index (χ4n) is 4.73. The molecule has 0 aromatic carbocycles. The Balaban J connectivity index is 1.52. The van der Waals surface area contributed by atoms with Gasteiger partial charge in [0, 0.05) is 19.1 Å². The molecule has 4 atom stereocenters. The van der Waals surface area contributed by atoms with Gasteiger partial charge in [0.05, 0.1) is 6.04 Å². The van der Waals surface area contributed by atoms with Crippen molar-refractivity contribution in [3.8, 4) is 0 Å². The van der Waals surface area contributed by atoms with Crippen LogP contribution in [0.5, 0.6) is 0 Å². The Kier molecular flexibility index (Phi) is 4.15. The van der Waals surface area contributed by atoms with Crippen molar-refractivity contribution in [2.45, 2.75) is 62.2 Å². The van der Waals surface area contributed by atoms with E-state index in [0.29, 0.717) is 37.1 Å². The molecule has 2 bridgehead atoms. The third-order valence-corrected chi connectivity index (χ3v) is 7.58. The number of amides is 1. The van der Waals surface area contributed by atoms with Gasteiger partial charge in [-0.1, -0.05) is 18.2 Å². The molecule has 0 spiro atoms. The van der Waals surface area contributed by atoms with Crippen molar-refractivity contribution in [1.82, 2.24) is 5.32 Å². The molecule has 2 aliphatic carbocycles. The number of hydrogen-bond donors (Lipinski definition) is 1. The zero-order valence-corrected chi connectivity index (χ0v) is 14.7. The summed E-state index contributed by atoms with van der Waals surface area (Å²) in [7, 11) is 0. The lowest BCUT2D eigenvalue weighted by Crippen LogP contribution is -2.54. The van der Waals surface area contributed by atoms with E-state index in [1.54, 1.807) is 0 Å². The number of halogens is 2. The molecule has 4 fully saturated rings. The van der Waals surface area contributed by atoms with Crippen LogP contribution in [-0.4, -0.2) is 41.0 Å². The highest BCUT2D eigenvalue weighted by Crippen LogP contribution is 2.51. The number of hydrogen-bond acceptors (Lipinski definition) is 4. The van der Waals surface area contributed by atoms with Crippen LogP contribution < -0.4 is 5.32 Å². The zero-order valence-electron chi connectivity index (χ0n) is 13.9. The maximum Gasteiger partial charge on any atom is 0.274 e. The fourth-order valence-corrected chi connectivity index (χ4v) is 5.89. The lowest BCUT2D eigenvalue weighted by molar-refractivity contribution is -0.146. The molecular weight excluding hydrogens is 334 g/mol. The molecule has 4 nitrogen and oxygen atoms in total. The van der Waals surface area contributed by atoms with Crippen LogP contribution in [0.1, 0.15) is 45.4 Å². The Bertz CT molecular complexity index is 565. The number of carbonyl (C=O) groups excluding carboxylic acids is 1. The number of fused-ring (bicyclic) bond motifs is 2. The van der Waals surface area contributed by atoms with Crippen LogP contribution in [0.2, 0.25) is 0 Å². The summed E-state index contributed by atoms with van der Waals surface area (Å²) in [5.41, 5.74) is 0. The van der Waals surface area contributed by atoms with Gasteiger partial charge in [0.25, 0.3) is 5.92 Å². The van der Waals surface area contributed by atoms with Crippen molar-refractivity contribution in [2.75, 3.05) is 13.2 Å². The van der Waals surface area contributed by atoms with Gasteiger partial charge in [-0.3, -0.25) is 9.79 Å². The van der Waals surface area contributed by atoms with E-state index in [4.69, 9.17) is 4.74 Å². The van der Waals surface area contributed by atoms with Crippen molar-refractivity contribution in [1.29, 1.82) is 0 Å². The third kappa shape index (κ3) is 2.59. The molecule has 4 rings (SSSR count). The molecule has 1 amide bonds. The molecule has 1 N–H and O–H groups in total. The third-order valence-electron chi connectivity index (χ3n) is 6.31. The predicted molar refractivity (Wildman–Crippen MR) is 89.3 cm³/mol. The number of thioether (sulfide) groups is 1. The van der Waals surface area contributed by atoms with Gasteiger partial charge in [-0.2, -0.15) is 0 Å². The van der Waals surface area contributed by atoms with Crippen LogP contribution in [0.4, 0.5) is 8.78 Å². The normalized spacial score (nSPS) is 42.0. The number of nitrogens with zero attached hydrogens (tertiary/aromatic N) is 1. The average Bonchev–Trinajstić information content (AvgIpc) is 3.24. The largest absolute Gasteiger partial charge is 0.381 e. The number of aliphatic imine (C=N–C) groups is 1. The first-order chi connectivity index (χ1) is 11.4. The number of ether oxygens (including phenoxy) is 1. The summed E-state index contributed by atoms with van der Waals surface area (Å²) in [6, 6.07) is 0.200. The van der Waals surface area contributed by atoms with Crippen molar-refractivity contribution >= 4 is 22.8 Å². The second-order valence-corrected chi connectivity index (χ2v) is 9.18. The van der Waals surface area contributed by atoms with Gasteiger partial charge in [0.15, 0.2) is 9.91 Å². The summed E-state index contributed by atoms with van der Waals surface area (Å²) in [6.07, 6.45) is 5.29. The van der Waals surface area contributed by atoms with Crippen LogP contribution in [0, 0.1) is 17.8 Å². The first-order valence-corrected chi connectivity index (χ1v) is 9.75. The van der Waals surface area contributed by atoms with E-state index in [-0.39, 0.29) is 6.04 Å². The Labute approximate surface area is 145 Å². The fraction of sp³-hybridized carbons (Fsp3) is 0.882. The summed E-state index contributed by atoms with van der Waals surface area (Å²) in [6.45, 7) is 2.05. The monoisotopic (exact) mass is 358 g/mol. The molecule has 2 saturated carbocycles. The number of rotatable bonds is 3. The molecule has 4 aliphatic rings. The average molecular weight is 358 g/mol. The highest BCUT2D eigenvalue weighted by molar-refractivity contribution is 8.16. The smallest absolute Gasteiger partial charge is 0.274 e. The van der Waals surface area contributed by atoms with Crippen LogP contribution in [0.3, 0.4) is 0 Å². The number of carbonyl (C=O) groups is 1. The Morgan fingerprint density at radius 3 is 2.62 bits per heavy atom. The lowest BCUT2D eigenvalue weighted by Gasteiger charge is -2.37. The van der Waals surface area contributed by atoms with Gasteiger partial charge in [0.2, 0.25) is 5.91 Å². The van der Waals surface area contributed by atoms with Crippen LogP contribution in [0.15, 0.2) is 4.99 Å². The van der Waals surface area contributed by atoms with Crippen molar-refractivity contribution in [3.05, 3.63) is 0 Å². The van der Waals surface area contributed by atoms with Gasteiger partial charge in [-0.05, 0) is 50.9 Å². The Morgan fingerprint density at radius 1 is 1.25 bits per heavy atom. The zero-order chi connectivity index (χ0) is 16.9. The Hall–Kier alpha value is -0.690. The van der Waals surface area contributed by atoms with E-state index in [2.05, 4.69) is 10.3 Å². The summed E-state index contributed by atoms with van der Waals surface area (Å²) in [5.74, 6) is -3.18. The quantitative estimate of drug-likeness (QED) is 0.843. The molecule has 134 valence electrons. The molecule has 2 aliphatic heterocycles. The molecule has 1 unspecified atom stereocenters. The minimum atomic E-state index is -3.07. The van der Waals surface area contributed by atoms with Gasteiger partial charge in [-0.25, -0.2) is 8.78 Å². The van der Waals surface area contributed by atoms with Gasteiger partial charge >= 0.3 is 0 Å². The van der Waals surface area contributed by atoms with Crippen LogP contribution in [-0.2, 0) is 9.53 Å². The number of alkyl halides is 2. The van der Waals surface area contributed by atoms with E-state index in [9.17, 15) is 4.79 Å². The highest BCUT2D eigenvalue weighted by atomic mass is 32.2. The second kappa shape index (κ2) is 5.94. The van der Waals surface area contributed by atoms with Crippen molar-refractivity contribution < 1.29 is 18.3 Å². The first-order valence-electron chi connectivity index (χ1n) is 8.94. The maximum atomic E-state index is 15.1. The Morgan fingerprint density at radius 2 is 2.00 bits per heavy atom.